The minimum Gasteiger partial charge on any atom is -0.478 e. The van der Waals surface area contributed by atoms with Crippen LogP contribution in [-0.2, 0) is 4.79 Å². The number of halogens is 1. The van der Waals surface area contributed by atoms with Crippen LogP contribution in [0.3, 0.4) is 0 Å². The Hall–Kier alpha value is -1.62. The van der Waals surface area contributed by atoms with Crippen molar-refractivity contribution in [3.63, 3.8) is 0 Å². The number of hydrogen-bond acceptors (Lipinski definition) is 3. The fraction of sp³-hybridized carbons (Fsp3) is 0.222. The lowest BCUT2D eigenvalue weighted by molar-refractivity contribution is -0.127. The third-order valence-corrected chi connectivity index (χ3v) is 1.65. The van der Waals surface area contributed by atoms with E-state index in [9.17, 15) is 9.18 Å². The number of para-hydroxylation sites is 1. The van der Waals surface area contributed by atoms with Crippen LogP contribution < -0.4 is 16.0 Å². The molecule has 0 saturated heterocycles. The lowest BCUT2D eigenvalue weighted by Gasteiger charge is -2.12. The van der Waals surface area contributed by atoms with E-state index in [-0.39, 0.29) is 5.75 Å². The van der Waals surface area contributed by atoms with E-state index in [0.29, 0.717) is 0 Å². The molecule has 5 heteroatoms. The molecule has 0 fully saturated rings. The summed E-state index contributed by atoms with van der Waals surface area (Å²) in [7, 11) is 0. The van der Waals surface area contributed by atoms with Gasteiger partial charge in [0.15, 0.2) is 17.7 Å². The smallest absolute Gasteiger partial charge is 0.274 e. The highest BCUT2D eigenvalue weighted by atomic mass is 19.1. The Labute approximate surface area is 80.8 Å². The summed E-state index contributed by atoms with van der Waals surface area (Å²) in [4.78, 5) is 10.9. The molecular formula is C9H11FN2O2. The van der Waals surface area contributed by atoms with Gasteiger partial charge in [-0.05, 0) is 19.1 Å². The zero-order chi connectivity index (χ0) is 10.6. The summed E-state index contributed by atoms with van der Waals surface area (Å²) in [5, 5.41) is 0. The predicted molar refractivity (Wildman–Crippen MR) is 48.8 cm³/mol. The summed E-state index contributed by atoms with van der Waals surface area (Å²) in [5.41, 5.74) is 1.92. The largest absolute Gasteiger partial charge is 0.478 e. The first-order valence-electron chi connectivity index (χ1n) is 4.06. The lowest BCUT2D eigenvalue weighted by atomic mass is 10.3. The van der Waals surface area contributed by atoms with Crippen molar-refractivity contribution in [1.82, 2.24) is 5.43 Å². The first kappa shape index (κ1) is 10.5. The number of hydrogen-bond donors (Lipinski definition) is 2. The van der Waals surface area contributed by atoms with E-state index < -0.39 is 17.8 Å². The Morgan fingerprint density at radius 3 is 2.79 bits per heavy atom. The fourth-order valence-electron chi connectivity index (χ4n) is 0.902. The van der Waals surface area contributed by atoms with Gasteiger partial charge >= 0.3 is 0 Å². The Morgan fingerprint density at radius 2 is 2.21 bits per heavy atom. The molecule has 4 nitrogen and oxygen atoms in total. The van der Waals surface area contributed by atoms with Crippen LogP contribution in [0.15, 0.2) is 24.3 Å². The maximum atomic E-state index is 13.0. The summed E-state index contributed by atoms with van der Waals surface area (Å²) in [6.07, 6.45) is -0.822. The van der Waals surface area contributed by atoms with E-state index in [2.05, 4.69) is 0 Å². The molecule has 0 heterocycles. The second-order valence-corrected chi connectivity index (χ2v) is 2.70. The van der Waals surface area contributed by atoms with Crippen molar-refractivity contribution in [3.8, 4) is 5.75 Å². The summed E-state index contributed by atoms with van der Waals surface area (Å²) in [6, 6.07) is 5.85. The molecule has 1 aromatic rings. The van der Waals surface area contributed by atoms with E-state index in [1.807, 2.05) is 5.43 Å². The first-order valence-corrected chi connectivity index (χ1v) is 4.06. The number of amides is 1. The molecule has 3 N–H and O–H groups in total. The molecule has 0 aromatic heterocycles. The molecular weight excluding hydrogens is 187 g/mol. The van der Waals surface area contributed by atoms with Crippen molar-refractivity contribution in [2.24, 2.45) is 5.84 Å². The van der Waals surface area contributed by atoms with E-state index >= 15 is 0 Å². The lowest BCUT2D eigenvalue weighted by Crippen LogP contribution is -2.40. The van der Waals surface area contributed by atoms with Gasteiger partial charge in [-0.3, -0.25) is 10.2 Å². The average Bonchev–Trinajstić information content (AvgIpc) is 2.20. The number of rotatable bonds is 3. The Kier molecular flexibility index (Phi) is 3.41. The van der Waals surface area contributed by atoms with Crippen LogP contribution in [0.1, 0.15) is 6.92 Å². The molecule has 14 heavy (non-hydrogen) atoms. The molecule has 0 aliphatic carbocycles. The second kappa shape index (κ2) is 4.57. The SMILES string of the molecule is C[C@@H](Oc1ccccc1F)C(=O)NN. The van der Waals surface area contributed by atoms with E-state index in [4.69, 9.17) is 10.6 Å². The highest BCUT2D eigenvalue weighted by Crippen LogP contribution is 2.16. The number of carbonyl (C=O) groups excluding carboxylic acids is 1. The number of carbonyl (C=O) groups is 1. The molecule has 0 bridgehead atoms. The zero-order valence-electron chi connectivity index (χ0n) is 7.66. The van der Waals surface area contributed by atoms with Gasteiger partial charge in [0.25, 0.3) is 5.91 Å². The van der Waals surface area contributed by atoms with Crippen LogP contribution in [0.4, 0.5) is 4.39 Å². The Balaban J connectivity index is 2.69. The summed E-state index contributed by atoms with van der Waals surface area (Å²) in [5.74, 6) is 3.91. The topological polar surface area (TPSA) is 64.3 Å². The normalized spacial score (nSPS) is 11.9. The van der Waals surface area contributed by atoms with Crippen LogP contribution in [0.25, 0.3) is 0 Å². The molecule has 0 radical (unpaired) electrons. The molecule has 1 rings (SSSR count). The fourth-order valence-corrected chi connectivity index (χ4v) is 0.902. The molecule has 1 aromatic carbocycles. The third kappa shape index (κ3) is 2.43. The standard InChI is InChI=1S/C9H11FN2O2/c1-6(9(13)12-11)14-8-5-3-2-4-7(8)10/h2-6H,11H2,1H3,(H,12,13)/t6-/m1/s1. The van der Waals surface area contributed by atoms with Crippen LogP contribution in [0.2, 0.25) is 0 Å². The maximum Gasteiger partial charge on any atom is 0.274 e. The van der Waals surface area contributed by atoms with E-state index in [0.717, 1.165) is 0 Å². The highest BCUT2D eigenvalue weighted by molar-refractivity contribution is 5.80. The number of benzene rings is 1. The van der Waals surface area contributed by atoms with Crippen molar-refractivity contribution in [2.75, 3.05) is 0 Å². The molecule has 0 unspecified atom stereocenters. The number of nitrogens with two attached hydrogens (primary N) is 1. The van der Waals surface area contributed by atoms with Gasteiger partial charge in [-0.2, -0.15) is 0 Å². The van der Waals surface area contributed by atoms with Gasteiger partial charge in [-0.15, -0.1) is 0 Å². The van der Waals surface area contributed by atoms with Gasteiger partial charge in [0.05, 0.1) is 0 Å². The van der Waals surface area contributed by atoms with Crippen molar-refractivity contribution in [1.29, 1.82) is 0 Å². The second-order valence-electron chi connectivity index (χ2n) is 2.70. The van der Waals surface area contributed by atoms with Gasteiger partial charge in [-0.25, -0.2) is 10.2 Å². The Morgan fingerprint density at radius 1 is 1.57 bits per heavy atom. The van der Waals surface area contributed by atoms with E-state index in [1.165, 1.54) is 25.1 Å². The number of ether oxygens (including phenoxy) is 1. The average molecular weight is 198 g/mol. The quantitative estimate of drug-likeness (QED) is 0.424. The van der Waals surface area contributed by atoms with Crippen LogP contribution in [0.5, 0.6) is 5.75 Å². The maximum absolute atomic E-state index is 13.0. The Bertz CT molecular complexity index is 330. The minimum atomic E-state index is -0.822. The van der Waals surface area contributed by atoms with Gasteiger partial charge in [0, 0.05) is 0 Å². The molecule has 0 aliphatic heterocycles. The zero-order valence-corrected chi connectivity index (χ0v) is 7.66. The summed E-state index contributed by atoms with van der Waals surface area (Å²) >= 11 is 0. The molecule has 1 atom stereocenters. The minimum absolute atomic E-state index is 0.0311. The van der Waals surface area contributed by atoms with Crippen LogP contribution >= 0.6 is 0 Å². The van der Waals surface area contributed by atoms with Crippen molar-refractivity contribution in [2.45, 2.75) is 13.0 Å². The summed E-state index contributed by atoms with van der Waals surface area (Å²) < 4.78 is 18.1. The van der Waals surface area contributed by atoms with Gasteiger partial charge in [0.2, 0.25) is 0 Å². The van der Waals surface area contributed by atoms with Crippen LogP contribution in [0, 0.1) is 5.82 Å². The first-order chi connectivity index (χ1) is 6.65. The molecule has 76 valence electrons. The van der Waals surface area contributed by atoms with Crippen molar-refractivity contribution in [3.05, 3.63) is 30.1 Å². The van der Waals surface area contributed by atoms with Crippen molar-refractivity contribution < 1.29 is 13.9 Å². The molecule has 0 spiro atoms. The van der Waals surface area contributed by atoms with E-state index in [1.54, 1.807) is 6.07 Å². The third-order valence-electron chi connectivity index (χ3n) is 1.65. The van der Waals surface area contributed by atoms with Gasteiger partial charge in [0.1, 0.15) is 0 Å². The monoisotopic (exact) mass is 198 g/mol. The highest BCUT2D eigenvalue weighted by Gasteiger charge is 2.14. The summed E-state index contributed by atoms with van der Waals surface area (Å²) in [6.45, 7) is 1.48. The molecule has 0 aliphatic rings. The van der Waals surface area contributed by atoms with Crippen LogP contribution in [-0.4, -0.2) is 12.0 Å². The molecule has 1 amide bonds. The van der Waals surface area contributed by atoms with Crippen molar-refractivity contribution >= 4 is 5.91 Å². The van der Waals surface area contributed by atoms with Gasteiger partial charge in [-0.1, -0.05) is 12.1 Å². The number of hydrazine groups is 1. The predicted octanol–water partition coefficient (Wildman–Crippen LogP) is 0.583. The molecule has 0 saturated carbocycles. The number of nitrogens with one attached hydrogen (secondary N) is 1. The van der Waals surface area contributed by atoms with Gasteiger partial charge < -0.3 is 4.74 Å².